The molecule has 0 unspecified atom stereocenters. The number of ether oxygens (including phenoxy) is 1. The van der Waals surface area contributed by atoms with Crippen molar-refractivity contribution in [3.8, 4) is 5.75 Å². The number of methoxy groups -OCH3 is 1. The van der Waals surface area contributed by atoms with Crippen molar-refractivity contribution in [3.63, 3.8) is 0 Å². The van der Waals surface area contributed by atoms with Gasteiger partial charge in [-0.1, -0.05) is 12.1 Å². The number of unbranched alkanes of at least 4 members (excludes halogenated alkanes) is 1. The molecule has 142 valence electrons. The number of nitrogens with one attached hydrogen (secondary N) is 2. The van der Waals surface area contributed by atoms with Crippen LogP contribution in [-0.4, -0.2) is 31.7 Å². The van der Waals surface area contributed by atoms with Gasteiger partial charge in [0.25, 0.3) is 5.91 Å². The van der Waals surface area contributed by atoms with Gasteiger partial charge < -0.3 is 15.8 Å². The van der Waals surface area contributed by atoms with Crippen LogP contribution in [0.15, 0.2) is 53.6 Å². The molecule has 0 bridgehead atoms. The van der Waals surface area contributed by atoms with E-state index in [0.717, 1.165) is 36.4 Å². The maximum atomic E-state index is 12.1. The van der Waals surface area contributed by atoms with Gasteiger partial charge in [-0.15, -0.1) is 0 Å². The Labute approximate surface area is 158 Å². The van der Waals surface area contributed by atoms with Crippen LogP contribution in [-0.2, 0) is 4.79 Å². The van der Waals surface area contributed by atoms with Gasteiger partial charge in [-0.3, -0.25) is 9.59 Å². The summed E-state index contributed by atoms with van der Waals surface area (Å²) in [6.07, 6.45) is 3.57. The number of primary amides is 1. The van der Waals surface area contributed by atoms with Gasteiger partial charge in [0.15, 0.2) is 0 Å². The summed E-state index contributed by atoms with van der Waals surface area (Å²) in [7, 11) is 1.59. The zero-order valence-corrected chi connectivity index (χ0v) is 15.3. The summed E-state index contributed by atoms with van der Waals surface area (Å²) in [6.45, 7) is 0.740. The molecule has 0 saturated heterocycles. The lowest BCUT2D eigenvalue weighted by atomic mass is 10.2. The lowest BCUT2D eigenvalue weighted by molar-refractivity contribution is -0.118. The average molecular weight is 368 g/mol. The van der Waals surface area contributed by atoms with E-state index in [1.54, 1.807) is 25.5 Å². The number of benzene rings is 2. The summed E-state index contributed by atoms with van der Waals surface area (Å²) in [5.41, 5.74) is 9.84. The third kappa shape index (κ3) is 7.19. The van der Waals surface area contributed by atoms with Crippen LogP contribution in [0.25, 0.3) is 0 Å². The number of carbonyl (C=O) groups excluding carboxylic acids is 2. The second-order valence-electron chi connectivity index (χ2n) is 5.90. The molecule has 0 spiro atoms. The van der Waals surface area contributed by atoms with Crippen LogP contribution in [0.2, 0.25) is 0 Å². The molecule has 2 aromatic carbocycles. The van der Waals surface area contributed by atoms with Crippen molar-refractivity contribution in [2.75, 3.05) is 19.0 Å². The minimum atomic E-state index is -0.290. The van der Waals surface area contributed by atoms with Crippen molar-refractivity contribution in [1.29, 1.82) is 0 Å². The molecule has 2 rings (SSSR count). The quantitative estimate of drug-likeness (QED) is 0.340. The summed E-state index contributed by atoms with van der Waals surface area (Å²) in [4.78, 5) is 22.8. The maximum absolute atomic E-state index is 12.1. The van der Waals surface area contributed by atoms with E-state index in [2.05, 4.69) is 15.8 Å². The van der Waals surface area contributed by atoms with Crippen LogP contribution < -0.4 is 21.2 Å². The van der Waals surface area contributed by atoms with E-state index >= 15 is 0 Å². The van der Waals surface area contributed by atoms with E-state index in [4.69, 9.17) is 10.5 Å². The van der Waals surface area contributed by atoms with Crippen LogP contribution >= 0.6 is 0 Å². The zero-order valence-electron chi connectivity index (χ0n) is 15.3. The lowest BCUT2D eigenvalue weighted by Crippen LogP contribution is -2.17. The molecule has 7 nitrogen and oxygen atoms in total. The number of nitrogens with zero attached hydrogens (tertiary/aromatic N) is 1. The SMILES string of the molecule is COc1cccc(/C=N/NC(=O)c2ccc(NCCCCC(N)=O)cc2)c1. The normalized spacial score (nSPS) is 10.6. The van der Waals surface area contributed by atoms with Crippen LogP contribution in [0.4, 0.5) is 5.69 Å². The smallest absolute Gasteiger partial charge is 0.271 e. The first-order chi connectivity index (χ1) is 13.1. The molecule has 0 radical (unpaired) electrons. The molecule has 0 fully saturated rings. The van der Waals surface area contributed by atoms with E-state index in [0.29, 0.717) is 12.0 Å². The molecule has 2 aromatic rings. The summed E-state index contributed by atoms with van der Waals surface area (Å²) in [5, 5.41) is 7.20. The zero-order chi connectivity index (χ0) is 19.5. The molecule has 0 heterocycles. The number of anilines is 1. The highest BCUT2D eigenvalue weighted by Gasteiger charge is 2.04. The van der Waals surface area contributed by atoms with Crippen LogP contribution in [0, 0.1) is 0 Å². The van der Waals surface area contributed by atoms with Gasteiger partial charge in [0.2, 0.25) is 5.91 Å². The standard InChI is InChI=1S/C20H24N4O3/c1-27-18-6-4-5-15(13-18)14-23-24-20(26)16-8-10-17(11-9-16)22-12-3-2-7-19(21)25/h4-6,8-11,13-14,22H,2-3,7,12H2,1H3,(H2,21,25)(H,24,26)/b23-14+. The number of rotatable bonds is 10. The van der Waals surface area contributed by atoms with E-state index in [1.165, 1.54) is 0 Å². The van der Waals surface area contributed by atoms with Gasteiger partial charge in [-0.05, 0) is 54.8 Å². The largest absolute Gasteiger partial charge is 0.497 e. The Balaban J connectivity index is 1.79. The summed E-state index contributed by atoms with van der Waals surface area (Å²) in [6, 6.07) is 14.5. The molecular formula is C20H24N4O3. The van der Waals surface area contributed by atoms with Gasteiger partial charge in [0.05, 0.1) is 13.3 Å². The molecule has 0 aliphatic rings. The second kappa shape index (κ2) is 10.6. The van der Waals surface area contributed by atoms with Crippen LogP contribution in [0.3, 0.4) is 0 Å². The Kier molecular flexibility index (Phi) is 7.84. The van der Waals surface area contributed by atoms with Crippen molar-refractivity contribution >= 4 is 23.7 Å². The van der Waals surface area contributed by atoms with Crippen molar-refractivity contribution in [1.82, 2.24) is 5.43 Å². The molecule has 0 aliphatic heterocycles. The van der Waals surface area contributed by atoms with E-state index in [1.807, 2.05) is 36.4 Å². The van der Waals surface area contributed by atoms with Gasteiger partial charge in [0, 0.05) is 24.2 Å². The van der Waals surface area contributed by atoms with E-state index in [9.17, 15) is 9.59 Å². The number of nitrogens with two attached hydrogens (primary N) is 1. The van der Waals surface area contributed by atoms with E-state index < -0.39 is 0 Å². The van der Waals surface area contributed by atoms with Crippen molar-refractivity contribution in [2.24, 2.45) is 10.8 Å². The maximum Gasteiger partial charge on any atom is 0.271 e. The van der Waals surface area contributed by atoms with Crippen molar-refractivity contribution in [2.45, 2.75) is 19.3 Å². The molecule has 0 aliphatic carbocycles. The number of hydrazone groups is 1. The average Bonchev–Trinajstić information content (AvgIpc) is 2.68. The molecule has 0 atom stereocenters. The lowest BCUT2D eigenvalue weighted by Gasteiger charge is -2.07. The molecule has 0 aromatic heterocycles. The van der Waals surface area contributed by atoms with Crippen molar-refractivity contribution < 1.29 is 14.3 Å². The monoisotopic (exact) mass is 368 g/mol. The molecule has 7 heteroatoms. The van der Waals surface area contributed by atoms with Crippen molar-refractivity contribution in [3.05, 3.63) is 59.7 Å². The Bertz CT molecular complexity index is 788. The van der Waals surface area contributed by atoms with Gasteiger partial charge in [-0.2, -0.15) is 5.10 Å². The minimum Gasteiger partial charge on any atom is -0.497 e. The highest BCUT2D eigenvalue weighted by molar-refractivity contribution is 5.95. The van der Waals surface area contributed by atoms with Gasteiger partial charge >= 0.3 is 0 Å². The Morgan fingerprint density at radius 3 is 2.63 bits per heavy atom. The summed E-state index contributed by atoms with van der Waals surface area (Å²) < 4.78 is 5.14. The fraction of sp³-hybridized carbons (Fsp3) is 0.250. The third-order valence-electron chi connectivity index (χ3n) is 3.80. The fourth-order valence-corrected chi connectivity index (χ4v) is 2.35. The van der Waals surface area contributed by atoms with Crippen LogP contribution in [0.1, 0.15) is 35.2 Å². The number of amides is 2. The molecule has 0 saturated carbocycles. The van der Waals surface area contributed by atoms with Crippen LogP contribution in [0.5, 0.6) is 5.75 Å². The Morgan fingerprint density at radius 2 is 1.93 bits per heavy atom. The predicted octanol–water partition coefficient (Wildman–Crippen LogP) is 2.53. The topological polar surface area (TPSA) is 106 Å². The molecule has 27 heavy (non-hydrogen) atoms. The number of hydrogen-bond acceptors (Lipinski definition) is 5. The first-order valence-electron chi connectivity index (χ1n) is 8.68. The first-order valence-corrected chi connectivity index (χ1v) is 8.68. The third-order valence-corrected chi connectivity index (χ3v) is 3.80. The minimum absolute atomic E-state index is 0.278. The number of hydrogen-bond donors (Lipinski definition) is 3. The first kappa shape index (κ1) is 20.0. The predicted molar refractivity (Wildman–Crippen MR) is 106 cm³/mol. The Morgan fingerprint density at radius 1 is 1.15 bits per heavy atom. The van der Waals surface area contributed by atoms with Gasteiger partial charge in [-0.25, -0.2) is 5.43 Å². The summed E-state index contributed by atoms with van der Waals surface area (Å²) in [5.74, 6) is 0.157. The van der Waals surface area contributed by atoms with Gasteiger partial charge in [0.1, 0.15) is 5.75 Å². The highest BCUT2D eigenvalue weighted by Crippen LogP contribution is 2.11. The summed E-state index contributed by atoms with van der Waals surface area (Å²) >= 11 is 0. The van der Waals surface area contributed by atoms with E-state index in [-0.39, 0.29) is 11.8 Å². The Hall–Kier alpha value is -3.35. The fourth-order valence-electron chi connectivity index (χ4n) is 2.35. The second-order valence-corrected chi connectivity index (χ2v) is 5.90. The molecular weight excluding hydrogens is 344 g/mol. The highest BCUT2D eigenvalue weighted by atomic mass is 16.5. The molecule has 4 N–H and O–H groups in total. The number of carbonyl (C=O) groups is 2. The molecule has 2 amide bonds.